The van der Waals surface area contributed by atoms with Crippen molar-refractivity contribution in [1.82, 2.24) is 10.4 Å². The summed E-state index contributed by atoms with van der Waals surface area (Å²) in [5, 5.41) is 3.49. The Morgan fingerprint density at radius 1 is 1.50 bits per heavy atom. The predicted octanol–water partition coefficient (Wildman–Crippen LogP) is -0.917. The maximum absolute atomic E-state index is 11.4. The molecule has 1 rings (SSSR count). The molecule has 0 aromatic carbocycles. The van der Waals surface area contributed by atoms with E-state index in [2.05, 4.69) is 5.32 Å². The third kappa shape index (κ3) is 3.56. The van der Waals surface area contributed by atoms with Gasteiger partial charge < -0.3 is 11.1 Å². The van der Waals surface area contributed by atoms with Crippen LogP contribution in [0.2, 0.25) is 0 Å². The molecule has 0 bridgehead atoms. The smallest absolute Gasteiger partial charge is 0.248 e. The summed E-state index contributed by atoms with van der Waals surface area (Å²) in [6.07, 6.45) is 3.01. The monoisotopic (exact) mass is 255 g/mol. The van der Waals surface area contributed by atoms with E-state index in [0.717, 1.165) is 11.1 Å². The molecule has 1 aliphatic heterocycles. The Kier molecular flexibility index (Phi) is 4.07. The number of nitrogens with two attached hydrogens (primary N) is 1. The minimum atomic E-state index is -0.780. The third-order valence-corrected chi connectivity index (χ3v) is 2.14. The van der Waals surface area contributed by atoms with Crippen molar-refractivity contribution in [3.05, 3.63) is 12.2 Å². The van der Waals surface area contributed by atoms with E-state index in [4.69, 9.17) is 10.6 Å². The van der Waals surface area contributed by atoms with Gasteiger partial charge in [0.05, 0.1) is 11.6 Å². The number of nitrogens with zero attached hydrogens (tertiary/aromatic N) is 1. The number of hydrogen-bond acceptors (Lipinski definition) is 4. The van der Waals surface area contributed by atoms with Gasteiger partial charge in [0.25, 0.3) is 0 Å². The van der Waals surface area contributed by atoms with E-state index in [1.165, 1.54) is 6.08 Å². The maximum Gasteiger partial charge on any atom is 0.248 e. The molecule has 0 aromatic rings. The second kappa shape index (κ2) is 5.18. The number of hydrogen-bond donors (Lipinski definition) is 2. The van der Waals surface area contributed by atoms with Crippen molar-refractivity contribution >= 4 is 18.2 Å². The molecule has 3 N–H and O–H groups in total. The maximum atomic E-state index is 11.4. The average Bonchev–Trinajstić information content (AvgIpc) is 2.20. The van der Waals surface area contributed by atoms with Gasteiger partial charge in [-0.3, -0.25) is 19.2 Å². The van der Waals surface area contributed by atoms with Crippen LogP contribution in [-0.4, -0.2) is 41.0 Å². The van der Waals surface area contributed by atoms with E-state index >= 15 is 0 Å². The normalized spacial score (nSPS) is 23.4. The van der Waals surface area contributed by atoms with Crippen LogP contribution < -0.4 is 11.1 Å². The van der Waals surface area contributed by atoms with Gasteiger partial charge in [-0.15, -0.1) is 0 Å². The number of carbonyl (C=O) groups excluding carboxylic acids is 3. The molecular formula is C11H17N3O4. The molecule has 1 heterocycles. The zero-order valence-corrected chi connectivity index (χ0v) is 10.5. The lowest BCUT2D eigenvalue weighted by Crippen LogP contribution is -2.68. The Morgan fingerprint density at radius 2 is 2.11 bits per heavy atom. The minimum absolute atomic E-state index is 0.342. The van der Waals surface area contributed by atoms with E-state index < -0.39 is 23.6 Å². The van der Waals surface area contributed by atoms with E-state index in [1.54, 1.807) is 20.8 Å². The first-order valence-electron chi connectivity index (χ1n) is 5.45. The van der Waals surface area contributed by atoms with Gasteiger partial charge in [-0.1, -0.05) is 6.08 Å². The molecule has 0 unspecified atom stereocenters. The number of hydroxylamine groups is 2. The second-order valence-electron chi connectivity index (χ2n) is 4.91. The van der Waals surface area contributed by atoms with Crippen molar-refractivity contribution < 1.29 is 19.2 Å². The van der Waals surface area contributed by atoms with Gasteiger partial charge in [0, 0.05) is 6.08 Å². The molecule has 0 spiro atoms. The SMILES string of the molecule is CC(C)(C)ON(C=O)[C@H]1C(=O)N[C@@H]1C=CC(N)=O. The third-order valence-electron chi connectivity index (χ3n) is 2.14. The summed E-state index contributed by atoms with van der Waals surface area (Å²) < 4.78 is 0. The number of nitrogens with one attached hydrogen (secondary N) is 1. The molecule has 2 atom stereocenters. The van der Waals surface area contributed by atoms with Crippen LogP contribution in [0.1, 0.15) is 20.8 Å². The van der Waals surface area contributed by atoms with Crippen molar-refractivity contribution in [1.29, 1.82) is 0 Å². The first-order chi connectivity index (χ1) is 8.24. The van der Waals surface area contributed by atoms with Crippen LogP contribution in [0.4, 0.5) is 0 Å². The largest absolute Gasteiger partial charge is 0.366 e. The van der Waals surface area contributed by atoms with Gasteiger partial charge in [0.1, 0.15) is 0 Å². The van der Waals surface area contributed by atoms with Gasteiger partial charge in [0.15, 0.2) is 6.04 Å². The molecular weight excluding hydrogens is 238 g/mol. The molecule has 1 fully saturated rings. The Bertz CT molecular complexity index is 386. The summed E-state index contributed by atoms with van der Waals surface area (Å²) in [5.41, 5.74) is 4.35. The number of β-lactam (4-membered cyclic amide) rings is 1. The summed E-state index contributed by atoms with van der Waals surface area (Å²) in [7, 11) is 0. The van der Waals surface area contributed by atoms with Gasteiger partial charge in [-0.25, -0.2) is 5.06 Å². The zero-order chi connectivity index (χ0) is 13.9. The van der Waals surface area contributed by atoms with Crippen molar-refractivity contribution in [2.24, 2.45) is 5.73 Å². The van der Waals surface area contributed by atoms with E-state index in [-0.39, 0.29) is 5.91 Å². The molecule has 100 valence electrons. The summed E-state index contributed by atoms with van der Waals surface area (Å²) >= 11 is 0. The molecule has 7 nitrogen and oxygen atoms in total. The van der Waals surface area contributed by atoms with Crippen molar-refractivity contribution in [2.45, 2.75) is 38.5 Å². The molecule has 0 radical (unpaired) electrons. The van der Waals surface area contributed by atoms with Gasteiger partial charge in [0.2, 0.25) is 18.2 Å². The van der Waals surface area contributed by atoms with Crippen LogP contribution in [0.5, 0.6) is 0 Å². The summed E-state index contributed by atoms with van der Waals surface area (Å²) in [5.74, 6) is -0.963. The fraction of sp³-hybridized carbons (Fsp3) is 0.545. The molecule has 1 saturated heterocycles. The lowest BCUT2D eigenvalue weighted by molar-refractivity contribution is -0.239. The topological polar surface area (TPSA) is 102 Å². The first-order valence-corrected chi connectivity index (χ1v) is 5.45. The highest BCUT2D eigenvalue weighted by Gasteiger charge is 2.44. The lowest BCUT2D eigenvalue weighted by Gasteiger charge is -2.41. The Labute approximate surface area is 105 Å². The molecule has 1 aliphatic rings. The predicted molar refractivity (Wildman–Crippen MR) is 62.8 cm³/mol. The van der Waals surface area contributed by atoms with E-state index in [9.17, 15) is 14.4 Å². The van der Waals surface area contributed by atoms with Crippen LogP contribution >= 0.6 is 0 Å². The van der Waals surface area contributed by atoms with Gasteiger partial charge in [-0.05, 0) is 20.8 Å². The van der Waals surface area contributed by atoms with Crippen molar-refractivity contribution in [2.75, 3.05) is 0 Å². The summed E-state index contributed by atoms with van der Waals surface area (Å²) in [6.45, 7) is 5.27. The van der Waals surface area contributed by atoms with Gasteiger partial charge in [-0.2, -0.15) is 0 Å². The van der Waals surface area contributed by atoms with E-state index in [0.29, 0.717) is 6.41 Å². The molecule has 3 amide bonds. The highest BCUT2D eigenvalue weighted by molar-refractivity contribution is 5.92. The Hall–Kier alpha value is -1.89. The second-order valence-corrected chi connectivity index (χ2v) is 4.91. The highest BCUT2D eigenvalue weighted by atomic mass is 16.7. The lowest BCUT2D eigenvalue weighted by atomic mass is 9.98. The standard InChI is InChI=1S/C11H17N3O4/c1-11(2,3)18-14(6-15)9-7(13-10(9)17)4-5-8(12)16/h4-7,9H,1-3H3,(H2,12,16)(H,13,17)/t7-,9-/m1/s1. The summed E-state index contributed by atoms with van der Waals surface area (Å²) in [4.78, 5) is 38.3. The van der Waals surface area contributed by atoms with Crippen molar-refractivity contribution in [3.63, 3.8) is 0 Å². The fourth-order valence-electron chi connectivity index (χ4n) is 1.48. The van der Waals surface area contributed by atoms with E-state index in [1.807, 2.05) is 0 Å². The van der Waals surface area contributed by atoms with Crippen LogP contribution in [0.25, 0.3) is 0 Å². The van der Waals surface area contributed by atoms with Crippen LogP contribution in [-0.2, 0) is 19.2 Å². The molecule has 0 aliphatic carbocycles. The number of carbonyl (C=O) groups is 3. The number of amides is 3. The molecule has 18 heavy (non-hydrogen) atoms. The Morgan fingerprint density at radius 3 is 2.50 bits per heavy atom. The minimum Gasteiger partial charge on any atom is -0.366 e. The van der Waals surface area contributed by atoms with Crippen molar-refractivity contribution in [3.8, 4) is 0 Å². The molecule has 0 aromatic heterocycles. The van der Waals surface area contributed by atoms with Crippen LogP contribution in [0.15, 0.2) is 12.2 Å². The fourth-order valence-corrected chi connectivity index (χ4v) is 1.48. The molecule has 7 heteroatoms. The van der Waals surface area contributed by atoms with Crippen LogP contribution in [0.3, 0.4) is 0 Å². The van der Waals surface area contributed by atoms with Crippen LogP contribution in [0, 0.1) is 0 Å². The quantitative estimate of drug-likeness (QED) is 0.287. The number of primary amides is 1. The first kappa shape index (κ1) is 14.2. The average molecular weight is 255 g/mol. The molecule has 0 saturated carbocycles. The Balaban J connectivity index is 2.74. The summed E-state index contributed by atoms with van der Waals surface area (Å²) in [6, 6.07) is -1.25. The zero-order valence-electron chi connectivity index (χ0n) is 10.5. The van der Waals surface area contributed by atoms with Gasteiger partial charge >= 0.3 is 0 Å². The highest BCUT2D eigenvalue weighted by Crippen LogP contribution is 2.19. The number of rotatable bonds is 5.